The zero-order valence-electron chi connectivity index (χ0n) is 11.4. The van der Waals surface area contributed by atoms with Gasteiger partial charge in [0.05, 0.1) is 19.0 Å². The van der Waals surface area contributed by atoms with Crippen molar-refractivity contribution in [3.8, 4) is 11.5 Å². The minimum atomic E-state index is -0.314. The molecular weight excluding hydrogens is 375 g/mol. The van der Waals surface area contributed by atoms with Gasteiger partial charge in [-0.25, -0.2) is 4.39 Å². The third-order valence-corrected chi connectivity index (χ3v) is 6.63. The summed E-state index contributed by atoms with van der Waals surface area (Å²) in [4.78, 5) is 0.866. The van der Waals surface area contributed by atoms with Crippen LogP contribution in [0.15, 0.2) is 29.6 Å². The minimum Gasteiger partial charge on any atom is -0.493 e. The van der Waals surface area contributed by atoms with E-state index in [4.69, 9.17) is 9.47 Å². The van der Waals surface area contributed by atoms with Gasteiger partial charge in [-0.05, 0) is 23.6 Å². The molecule has 2 nitrogen and oxygen atoms in total. The van der Waals surface area contributed by atoms with Crippen LogP contribution in [0.5, 0.6) is 11.5 Å². The smallest absolute Gasteiger partial charge is 0.163 e. The Hall–Kier alpha value is -1.11. The predicted octanol–water partition coefficient (Wildman–Crippen LogP) is 5.60. The second-order valence-electron chi connectivity index (χ2n) is 4.39. The summed E-state index contributed by atoms with van der Waals surface area (Å²) in [6.45, 7) is 0. The molecule has 0 bridgehead atoms. The zero-order valence-corrected chi connectivity index (χ0v) is 14.6. The summed E-state index contributed by atoms with van der Waals surface area (Å²) < 4.78 is 27.1. The third-order valence-electron chi connectivity index (χ3n) is 3.18. The fourth-order valence-corrected chi connectivity index (χ4v) is 5.01. The number of hydrogen-bond acceptors (Lipinski definition) is 4. The number of hydrogen-bond donors (Lipinski definition) is 0. The standard InChI is InChI=1S/C15H12BrFO2S2/c1-18-10-5-8(9(17)6-11(10)19-2)15(16)14-7-13-12(21-14)3-4-20-13/h3-7,15H,1-2H3. The lowest BCUT2D eigenvalue weighted by molar-refractivity contribution is 0.351. The molecule has 0 aliphatic carbocycles. The molecule has 0 fully saturated rings. The highest BCUT2D eigenvalue weighted by molar-refractivity contribution is 9.09. The van der Waals surface area contributed by atoms with Crippen molar-refractivity contribution in [2.24, 2.45) is 0 Å². The molecule has 0 aliphatic rings. The van der Waals surface area contributed by atoms with Crippen LogP contribution in [0.3, 0.4) is 0 Å². The summed E-state index contributed by atoms with van der Waals surface area (Å²) in [5.74, 6) is 0.605. The number of fused-ring (bicyclic) bond motifs is 1. The summed E-state index contributed by atoms with van der Waals surface area (Å²) >= 11 is 6.95. The molecule has 0 amide bonds. The zero-order chi connectivity index (χ0) is 15.0. The van der Waals surface area contributed by atoms with Crippen LogP contribution in [0.4, 0.5) is 4.39 Å². The largest absolute Gasteiger partial charge is 0.493 e. The van der Waals surface area contributed by atoms with Crippen LogP contribution in [0.2, 0.25) is 0 Å². The van der Waals surface area contributed by atoms with Crippen molar-refractivity contribution in [2.45, 2.75) is 4.83 Å². The Kier molecular flexibility index (Phi) is 4.19. The third kappa shape index (κ3) is 2.67. The van der Waals surface area contributed by atoms with E-state index in [0.29, 0.717) is 17.1 Å². The van der Waals surface area contributed by atoms with Gasteiger partial charge in [-0.2, -0.15) is 0 Å². The van der Waals surface area contributed by atoms with Crippen LogP contribution in [0, 0.1) is 5.82 Å². The number of alkyl halides is 1. The Morgan fingerprint density at radius 1 is 1.10 bits per heavy atom. The number of halogens is 2. The van der Waals surface area contributed by atoms with Gasteiger partial charge < -0.3 is 9.47 Å². The van der Waals surface area contributed by atoms with Crippen molar-refractivity contribution in [2.75, 3.05) is 14.2 Å². The van der Waals surface area contributed by atoms with Gasteiger partial charge in [0, 0.05) is 25.9 Å². The van der Waals surface area contributed by atoms with Crippen LogP contribution in [0.25, 0.3) is 9.40 Å². The number of rotatable bonds is 4. The van der Waals surface area contributed by atoms with E-state index < -0.39 is 0 Å². The summed E-state index contributed by atoms with van der Waals surface area (Å²) in [5, 5.41) is 2.06. The van der Waals surface area contributed by atoms with Gasteiger partial charge >= 0.3 is 0 Å². The molecule has 3 rings (SSSR count). The van der Waals surface area contributed by atoms with Crippen molar-refractivity contribution in [3.05, 3.63) is 45.9 Å². The molecule has 6 heteroatoms. The summed E-state index contributed by atoms with van der Waals surface area (Å²) in [6.07, 6.45) is 0. The van der Waals surface area contributed by atoms with Crippen molar-refractivity contribution in [1.29, 1.82) is 0 Å². The van der Waals surface area contributed by atoms with Crippen LogP contribution < -0.4 is 9.47 Å². The van der Waals surface area contributed by atoms with E-state index in [1.807, 2.05) is 0 Å². The highest BCUT2D eigenvalue weighted by Crippen LogP contribution is 2.43. The monoisotopic (exact) mass is 386 g/mol. The fraction of sp³-hybridized carbons (Fsp3) is 0.200. The number of benzene rings is 1. The second-order valence-corrected chi connectivity index (χ2v) is 7.37. The molecule has 110 valence electrons. The van der Waals surface area contributed by atoms with Gasteiger partial charge in [-0.3, -0.25) is 0 Å². The first kappa shape index (κ1) is 14.8. The Bertz CT molecular complexity index is 753. The lowest BCUT2D eigenvalue weighted by Crippen LogP contribution is -1.98. The SMILES string of the molecule is COc1cc(F)c(C(Br)c2cc3sccc3s2)cc1OC. The summed E-state index contributed by atoms with van der Waals surface area (Å²) in [5.41, 5.74) is 0.543. The van der Waals surface area contributed by atoms with E-state index in [1.165, 1.54) is 22.6 Å². The van der Waals surface area contributed by atoms with Crippen molar-refractivity contribution in [1.82, 2.24) is 0 Å². The van der Waals surface area contributed by atoms with Gasteiger partial charge in [-0.15, -0.1) is 22.7 Å². The first-order chi connectivity index (χ1) is 10.1. The summed E-state index contributed by atoms with van der Waals surface area (Å²) in [6, 6.07) is 7.22. The lowest BCUT2D eigenvalue weighted by Gasteiger charge is -2.14. The van der Waals surface area contributed by atoms with E-state index >= 15 is 0 Å². The van der Waals surface area contributed by atoms with Crippen LogP contribution in [-0.4, -0.2) is 14.2 Å². The van der Waals surface area contributed by atoms with E-state index in [2.05, 4.69) is 33.4 Å². The molecule has 0 radical (unpaired) electrons. The maximum absolute atomic E-state index is 14.3. The molecule has 21 heavy (non-hydrogen) atoms. The molecule has 0 spiro atoms. The average Bonchev–Trinajstić information content (AvgIpc) is 3.07. The van der Waals surface area contributed by atoms with Crippen molar-refractivity contribution < 1.29 is 13.9 Å². The minimum absolute atomic E-state index is 0.207. The molecule has 1 atom stereocenters. The second kappa shape index (κ2) is 5.94. The molecule has 3 aromatic rings. The van der Waals surface area contributed by atoms with E-state index in [-0.39, 0.29) is 10.6 Å². The van der Waals surface area contributed by atoms with Gasteiger partial charge in [-0.1, -0.05) is 15.9 Å². The van der Waals surface area contributed by atoms with Crippen LogP contribution in [0.1, 0.15) is 15.3 Å². The topological polar surface area (TPSA) is 18.5 Å². The maximum Gasteiger partial charge on any atom is 0.163 e. The molecule has 1 aromatic carbocycles. The molecule has 0 aliphatic heterocycles. The highest BCUT2D eigenvalue weighted by atomic mass is 79.9. The first-order valence-corrected chi connectivity index (χ1v) is 8.77. The maximum atomic E-state index is 14.3. The van der Waals surface area contributed by atoms with E-state index in [0.717, 1.165) is 4.88 Å². The molecular formula is C15H12BrFO2S2. The van der Waals surface area contributed by atoms with Gasteiger partial charge in [0.25, 0.3) is 0 Å². The normalized spacial score (nSPS) is 12.6. The van der Waals surface area contributed by atoms with Gasteiger partial charge in [0.15, 0.2) is 11.5 Å². The molecule has 1 unspecified atom stereocenters. The Balaban J connectivity index is 2.04. The van der Waals surface area contributed by atoms with Crippen molar-refractivity contribution >= 4 is 48.0 Å². The number of thiophene rings is 2. The van der Waals surface area contributed by atoms with E-state index in [1.54, 1.807) is 35.8 Å². The molecule has 2 aromatic heterocycles. The number of methoxy groups -OCH3 is 2. The summed E-state index contributed by atoms with van der Waals surface area (Å²) in [7, 11) is 3.04. The Morgan fingerprint density at radius 2 is 1.81 bits per heavy atom. The average molecular weight is 387 g/mol. The Labute approximate surface area is 138 Å². The molecule has 2 heterocycles. The molecule has 0 saturated heterocycles. The lowest BCUT2D eigenvalue weighted by atomic mass is 10.1. The first-order valence-electron chi connectivity index (χ1n) is 6.16. The number of ether oxygens (including phenoxy) is 2. The fourth-order valence-electron chi connectivity index (χ4n) is 2.13. The van der Waals surface area contributed by atoms with E-state index in [9.17, 15) is 4.39 Å². The highest BCUT2D eigenvalue weighted by Gasteiger charge is 2.20. The quantitative estimate of drug-likeness (QED) is 0.543. The van der Waals surface area contributed by atoms with Gasteiger partial charge in [0.2, 0.25) is 0 Å². The predicted molar refractivity (Wildman–Crippen MR) is 90.0 cm³/mol. The van der Waals surface area contributed by atoms with Crippen LogP contribution in [-0.2, 0) is 0 Å². The van der Waals surface area contributed by atoms with Crippen LogP contribution >= 0.6 is 38.6 Å². The molecule has 0 saturated carbocycles. The Morgan fingerprint density at radius 3 is 2.48 bits per heavy atom. The molecule has 0 N–H and O–H groups in total. The van der Waals surface area contributed by atoms with Gasteiger partial charge in [0.1, 0.15) is 5.82 Å². The van der Waals surface area contributed by atoms with Crippen molar-refractivity contribution in [3.63, 3.8) is 0 Å².